The fraction of sp³-hybridized carbons (Fsp3) is 0.286. The van der Waals surface area contributed by atoms with E-state index in [1.807, 2.05) is 45.0 Å². The van der Waals surface area contributed by atoms with Gasteiger partial charge in [0.2, 0.25) is 11.2 Å². The number of nitrogens with two attached hydrogens (primary N) is 1. The van der Waals surface area contributed by atoms with E-state index in [2.05, 4.69) is 9.97 Å². The molecule has 0 spiro atoms. The summed E-state index contributed by atoms with van der Waals surface area (Å²) in [6, 6.07) is 7.57. The van der Waals surface area contributed by atoms with Gasteiger partial charge in [-0.2, -0.15) is 4.98 Å². The Balaban J connectivity index is 2.23. The third kappa shape index (κ3) is 3.15. The van der Waals surface area contributed by atoms with Gasteiger partial charge in [0.25, 0.3) is 0 Å². The highest BCUT2D eigenvalue weighted by molar-refractivity contribution is 6.28. The number of halogens is 1. The topological polar surface area (TPSA) is 61.0 Å². The van der Waals surface area contributed by atoms with Crippen LogP contribution in [-0.2, 0) is 0 Å². The van der Waals surface area contributed by atoms with Crippen molar-refractivity contribution in [1.29, 1.82) is 0 Å². The fourth-order valence-electron chi connectivity index (χ4n) is 1.69. The lowest BCUT2D eigenvalue weighted by atomic mass is 10.1. The molecule has 0 aliphatic carbocycles. The van der Waals surface area contributed by atoms with E-state index in [9.17, 15) is 0 Å². The van der Waals surface area contributed by atoms with Gasteiger partial charge in [-0.15, -0.1) is 0 Å². The van der Waals surface area contributed by atoms with Crippen molar-refractivity contribution in [2.75, 3.05) is 5.73 Å². The molecule has 0 radical (unpaired) electrons. The van der Waals surface area contributed by atoms with Gasteiger partial charge in [-0.1, -0.05) is 12.1 Å². The Kier molecular flexibility index (Phi) is 3.90. The lowest BCUT2D eigenvalue weighted by Gasteiger charge is -2.16. The molecule has 0 aliphatic heterocycles. The molecule has 4 nitrogen and oxygen atoms in total. The second-order valence-electron chi connectivity index (χ2n) is 4.43. The first kappa shape index (κ1) is 13.6. The van der Waals surface area contributed by atoms with Crippen LogP contribution in [0.25, 0.3) is 0 Å². The average Bonchev–Trinajstić information content (AvgIpc) is 2.36. The maximum absolute atomic E-state index is 5.86. The number of ether oxygens (including phenoxy) is 1. The smallest absolute Gasteiger partial charge is 0.225 e. The highest BCUT2D eigenvalue weighted by Gasteiger charge is 2.13. The summed E-state index contributed by atoms with van der Waals surface area (Å²) in [5.41, 5.74) is 9.14. The highest BCUT2D eigenvalue weighted by atomic mass is 35.5. The molecule has 0 amide bonds. The SMILES string of the molecule is Cc1nc(Cl)nc(O[C@@H](C)c2ccc(N)cc2)c1C. The molecule has 1 atom stereocenters. The van der Waals surface area contributed by atoms with Crippen LogP contribution in [0.5, 0.6) is 5.88 Å². The summed E-state index contributed by atoms with van der Waals surface area (Å²) in [5, 5.41) is 0.197. The molecule has 19 heavy (non-hydrogen) atoms. The van der Waals surface area contributed by atoms with Crippen molar-refractivity contribution < 1.29 is 4.74 Å². The normalized spacial score (nSPS) is 12.2. The Hall–Kier alpha value is -1.81. The Labute approximate surface area is 117 Å². The molecule has 0 saturated carbocycles. The second-order valence-corrected chi connectivity index (χ2v) is 4.77. The number of aromatic nitrogens is 2. The Bertz CT molecular complexity index is 584. The summed E-state index contributed by atoms with van der Waals surface area (Å²) in [7, 11) is 0. The van der Waals surface area contributed by atoms with Crippen molar-refractivity contribution in [3.8, 4) is 5.88 Å². The maximum atomic E-state index is 5.86. The first-order chi connectivity index (χ1) is 8.97. The van der Waals surface area contributed by atoms with Crippen molar-refractivity contribution in [3.63, 3.8) is 0 Å². The average molecular weight is 278 g/mol. The summed E-state index contributed by atoms with van der Waals surface area (Å²) in [6.07, 6.45) is -0.135. The quantitative estimate of drug-likeness (QED) is 0.689. The van der Waals surface area contributed by atoms with Crippen LogP contribution in [-0.4, -0.2) is 9.97 Å². The van der Waals surface area contributed by atoms with Crippen LogP contribution in [0.2, 0.25) is 5.28 Å². The van der Waals surface area contributed by atoms with Crippen molar-refractivity contribution in [2.24, 2.45) is 0 Å². The lowest BCUT2D eigenvalue weighted by Crippen LogP contribution is -2.07. The third-order valence-electron chi connectivity index (χ3n) is 3.01. The van der Waals surface area contributed by atoms with Gasteiger partial charge in [-0.05, 0) is 50.1 Å². The first-order valence-corrected chi connectivity index (χ1v) is 6.38. The first-order valence-electron chi connectivity index (χ1n) is 6.00. The van der Waals surface area contributed by atoms with Gasteiger partial charge in [0, 0.05) is 16.9 Å². The largest absolute Gasteiger partial charge is 0.469 e. The maximum Gasteiger partial charge on any atom is 0.225 e. The van der Waals surface area contributed by atoms with E-state index in [1.54, 1.807) is 0 Å². The molecule has 1 aromatic carbocycles. The number of nitrogens with zero attached hydrogens (tertiary/aromatic N) is 2. The molecular weight excluding hydrogens is 262 g/mol. The van der Waals surface area contributed by atoms with E-state index in [1.165, 1.54) is 0 Å². The molecule has 0 aliphatic rings. The zero-order chi connectivity index (χ0) is 14.0. The minimum atomic E-state index is -0.135. The van der Waals surface area contributed by atoms with Gasteiger partial charge in [-0.25, -0.2) is 4.98 Å². The molecule has 0 saturated heterocycles. The van der Waals surface area contributed by atoms with Crippen LogP contribution in [0.3, 0.4) is 0 Å². The highest BCUT2D eigenvalue weighted by Crippen LogP contribution is 2.25. The number of hydrogen-bond donors (Lipinski definition) is 1. The van der Waals surface area contributed by atoms with E-state index >= 15 is 0 Å². The van der Waals surface area contributed by atoms with Crippen molar-refractivity contribution >= 4 is 17.3 Å². The van der Waals surface area contributed by atoms with Crippen LogP contribution >= 0.6 is 11.6 Å². The van der Waals surface area contributed by atoms with Gasteiger partial charge in [0.15, 0.2) is 0 Å². The van der Waals surface area contributed by atoms with E-state index < -0.39 is 0 Å². The molecular formula is C14H16ClN3O. The summed E-state index contributed by atoms with van der Waals surface area (Å²) in [5.74, 6) is 0.516. The molecule has 2 N–H and O–H groups in total. The van der Waals surface area contributed by atoms with Crippen molar-refractivity contribution in [1.82, 2.24) is 9.97 Å². The van der Waals surface area contributed by atoms with E-state index in [-0.39, 0.29) is 11.4 Å². The number of nitrogen functional groups attached to an aromatic ring is 1. The molecule has 0 bridgehead atoms. The monoisotopic (exact) mass is 277 g/mol. The summed E-state index contributed by atoms with van der Waals surface area (Å²) in [6.45, 7) is 5.75. The molecule has 2 aromatic rings. The van der Waals surface area contributed by atoms with Gasteiger partial charge in [0.1, 0.15) is 6.10 Å². The van der Waals surface area contributed by atoms with Crippen LogP contribution in [0, 0.1) is 13.8 Å². The Morgan fingerprint density at radius 3 is 2.42 bits per heavy atom. The lowest BCUT2D eigenvalue weighted by molar-refractivity contribution is 0.215. The number of aryl methyl sites for hydroxylation is 1. The number of hydrogen-bond acceptors (Lipinski definition) is 4. The summed E-state index contributed by atoms with van der Waals surface area (Å²) >= 11 is 5.85. The summed E-state index contributed by atoms with van der Waals surface area (Å²) in [4.78, 5) is 8.21. The van der Waals surface area contributed by atoms with Crippen LogP contribution in [0.1, 0.15) is 29.8 Å². The van der Waals surface area contributed by atoms with Crippen LogP contribution in [0.4, 0.5) is 5.69 Å². The minimum absolute atomic E-state index is 0.135. The fourth-order valence-corrected chi connectivity index (χ4v) is 1.89. The predicted molar refractivity (Wildman–Crippen MR) is 76.4 cm³/mol. The van der Waals surface area contributed by atoms with Crippen molar-refractivity contribution in [3.05, 3.63) is 46.4 Å². The molecule has 5 heteroatoms. The zero-order valence-corrected chi connectivity index (χ0v) is 11.9. The predicted octanol–water partition coefficient (Wildman–Crippen LogP) is 3.47. The molecule has 1 heterocycles. The minimum Gasteiger partial charge on any atom is -0.469 e. The molecule has 2 rings (SSSR count). The van der Waals surface area contributed by atoms with E-state index in [4.69, 9.17) is 22.1 Å². The molecule has 0 unspecified atom stereocenters. The number of rotatable bonds is 3. The molecule has 100 valence electrons. The van der Waals surface area contributed by atoms with Gasteiger partial charge in [-0.3, -0.25) is 0 Å². The van der Waals surface area contributed by atoms with Gasteiger partial charge >= 0.3 is 0 Å². The van der Waals surface area contributed by atoms with Gasteiger partial charge in [0.05, 0.1) is 0 Å². The summed E-state index contributed by atoms with van der Waals surface area (Å²) < 4.78 is 5.86. The van der Waals surface area contributed by atoms with Crippen molar-refractivity contribution in [2.45, 2.75) is 26.9 Å². The number of anilines is 1. The Morgan fingerprint density at radius 1 is 1.16 bits per heavy atom. The zero-order valence-electron chi connectivity index (χ0n) is 11.1. The van der Waals surface area contributed by atoms with E-state index in [0.717, 1.165) is 22.5 Å². The Morgan fingerprint density at radius 2 is 1.79 bits per heavy atom. The van der Waals surface area contributed by atoms with E-state index in [0.29, 0.717) is 5.88 Å². The third-order valence-corrected chi connectivity index (χ3v) is 3.18. The molecule has 0 fully saturated rings. The molecule has 1 aromatic heterocycles. The van der Waals surface area contributed by atoms with Gasteiger partial charge < -0.3 is 10.5 Å². The number of benzene rings is 1. The van der Waals surface area contributed by atoms with Crippen LogP contribution in [0.15, 0.2) is 24.3 Å². The van der Waals surface area contributed by atoms with Crippen LogP contribution < -0.4 is 10.5 Å². The second kappa shape index (κ2) is 5.45. The standard InChI is InChI=1S/C14H16ClN3O/c1-8-9(2)17-14(15)18-13(8)19-10(3)11-4-6-12(16)7-5-11/h4-7,10H,16H2,1-3H3/t10-/m0/s1.